The number of amides is 1. The van der Waals surface area contributed by atoms with E-state index in [1.807, 2.05) is 57.2 Å². The monoisotopic (exact) mass is 364 g/mol. The molecule has 1 N–H and O–H groups in total. The van der Waals surface area contributed by atoms with E-state index in [-0.39, 0.29) is 18.2 Å². The normalized spacial score (nSPS) is 10.7. The third-order valence-electron chi connectivity index (χ3n) is 4.42. The van der Waals surface area contributed by atoms with Crippen molar-refractivity contribution < 1.29 is 14.1 Å². The van der Waals surface area contributed by atoms with Gasteiger partial charge in [-0.25, -0.2) is 0 Å². The van der Waals surface area contributed by atoms with Crippen LogP contribution in [0.3, 0.4) is 0 Å². The highest BCUT2D eigenvalue weighted by Crippen LogP contribution is 2.22. The topological polar surface area (TPSA) is 64.4 Å². The maximum absolute atomic E-state index is 12.7. The van der Waals surface area contributed by atoms with Gasteiger partial charge in [0.1, 0.15) is 18.1 Å². The Kier molecular flexibility index (Phi) is 5.60. The molecule has 3 rings (SSSR count). The first kappa shape index (κ1) is 18.7. The molecule has 1 aromatic heterocycles. The predicted molar refractivity (Wildman–Crippen MR) is 105 cm³/mol. The lowest BCUT2D eigenvalue weighted by atomic mass is 10.1. The Labute approximate surface area is 159 Å². The highest BCUT2D eigenvalue weighted by atomic mass is 16.5. The van der Waals surface area contributed by atoms with Crippen LogP contribution >= 0.6 is 0 Å². The summed E-state index contributed by atoms with van der Waals surface area (Å²) in [5, 5.41) is 6.88. The van der Waals surface area contributed by atoms with Crippen molar-refractivity contribution in [3.05, 3.63) is 76.2 Å². The molecular formula is C22H24N2O3. The Bertz CT molecular complexity index is 940. The lowest BCUT2D eigenvalue weighted by molar-refractivity contribution is 0.101. The zero-order valence-electron chi connectivity index (χ0n) is 16.1. The second kappa shape index (κ2) is 8.08. The molecule has 5 nitrogen and oxygen atoms in total. The molecule has 27 heavy (non-hydrogen) atoms. The van der Waals surface area contributed by atoms with Crippen molar-refractivity contribution in [2.45, 2.75) is 40.7 Å². The summed E-state index contributed by atoms with van der Waals surface area (Å²) in [4.78, 5) is 12.7. The average Bonchev–Trinajstić information content (AvgIpc) is 3.00. The number of aryl methyl sites for hydroxylation is 4. The fraction of sp³-hybridized carbons (Fsp3) is 0.273. The minimum Gasteiger partial charge on any atom is -0.489 e. The van der Waals surface area contributed by atoms with Gasteiger partial charge in [-0.15, -0.1) is 0 Å². The van der Waals surface area contributed by atoms with Crippen molar-refractivity contribution >= 4 is 11.6 Å². The minimum atomic E-state index is -0.299. The molecule has 3 aromatic rings. The van der Waals surface area contributed by atoms with Crippen LogP contribution in [-0.2, 0) is 13.0 Å². The number of rotatable bonds is 6. The Morgan fingerprint density at radius 3 is 2.52 bits per heavy atom. The molecule has 0 aliphatic heterocycles. The number of nitrogens with one attached hydrogen (secondary N) is 1. The van der Waals surface area contributed by atoms with E-state index in [0.717, 1.165) is 34.5 Å². The summed E-state index contributed by atoms with van der Waals surface area (Å²) >= 11 is 0. The van der Waals surface area contributed by atoms with Gasteiger partial charge in [0.15, 0.2) is 5.69 Å². The maximum Gasteiger partial charge on any atom is 0.278 e. The SMILES string of the molecule is CCc1ccccc1NC(=O)c1noc(C)c1COc1cc(C)cc(C)c1. The molecule has 0 spiro atoms. The van der Waals surface area contributed by atoms with Gasteiger partial charge in [-0.05, 0) is 62.1 Å². The highest BCUT2D eigenvalue weighted by Gasteiger charge is 2.21. The van der Waals surface area contributed by atoms with Crippen molar-refractivity contribution in [2.75, 3.05) is 5.32 Å². The molecule has 0 radical (unpaired) electrons. The smallest absolute Gasteiger partial charge is 0.278 e. The van der Waals surface area contributed by atoms with Gasteiger partial charge in [0.25, 0.3) is 5.91 Å². The molecule has 140 valence electrons. The Hall–Kier alpha value is -3.08. The lowest BCUT2D eigenvalue weighted by Gasteiger charge is -2.10. The molecule has 5 heteroatoms. The Balaban J connectivity index is 1.78. The quantitative estimate of drug-likeness (QED) is 0.669. The van der Waals surface area contributed by atoms with E-state index in [4.69, 9.17) is 9.26 Å². The van der Waals surface area contributed by atoms with Crippen LogP contribution < -0.4 is 10.1 Å². The minimum absolute atomic E-state index is 0.219. The van der Waals surface area contributed by atoms with E-state index in [2.05, 4.69) is 16.5 Å². The van der Waals surface area contributed by atoms with Crippen LogP contribution in [0.4, 0.5) is 5.69 Å². The van der Waals surface area contributed by atoms with E-state index < -0.39 is 0 Å². The molecule has 0 atom stereocenters. The number of benzene rings is 2. The van der Waals surface area contributed by atoms with E-state index >= 15 is 0 Å². The zero-order chi connectivity index (χ0) is 19.4. The van der Waals surface area contributed by atoms with Gasteiger partial charge in [-0.2, -0.15) is 0 Å². The highest BCUT2D eigenvalue weighted by molar-refractivity contribution is 6.04. The van der Waals surface area contributed by atoms with Crippen LogP contribution in [0.25, 0.3) is 0 Å². The third-order valence-corrected chi connectivity index (χ3v) is 4.42. The summed E-state index contributed by atoms with van der Waals surface area (Å²) in [5.74, 6) is 1.04. The second-order valence-corrected chi connectivity index (χ2v) is 6.64. The summed E-state index contributed by atoms with van der Waals surface area (Å²) in [7, 11) is 0. The van der Waals surface area contributed by atoms with Gasteiger partial charge in [0.2, 0.25) is 0 Å². The fourth-order valence-corrected chi connectivity index (χ4v) is 3.04. The van der Waals surface area contributed by atoms with Crippen LogP contribution in [0.2, 0.25) is 0 Å². The fourth-order valence-electron chi connectivity index (χ4n) is 3.04. The number of anilines is 1. The number of nitrogens with zero attached hydrogens (tertiary/aromatic N) is 1. The van der Waals surface area contributed by atoms with Gasteiger partial charge in [0.05, 0.1) is 5.56 Å². The number of hydrogen-bond acceptors (Lipinski definition) is 4. The first-order chi connectivity index (χ1) is 13.0. The number of carbonyl (C=O) groups excluding carboxylic acids is 1. The van der Waals surface area contributed by atoms with Crippen LogP contribution in [-0.4, -0.2) is 11.1 Å². The number of ether oxygens (including phenoxy) is 1. The average molecular weight is 364 g/mol. The standard InChI is InChI=1S/C22H24N2O3/c1-5-17-8-6-7-9-20(17)23-22(25)21-19(16(4)27-24-21)13-26-18-11-14(2)10-15(3)12-18/h6-12H,5,13H2,1-4H3,(H,23,25). The molecule has 0 aliphatic carbocycles. The molecule has 0 fully saturated rings. The Morgan fingerprint density at radius 2 is 1.81 bits per heavy atom. The van der Waals surface area contributed by atoms with Gasteiger partial charge in [0, 0.05) is 5.69 Å². The van der Waals surface area contributed by atoms with Crippen LogP contribution in [0.15, 0.2) is 47.0 Å². The van der Waals surface area contributed by atoms with Crippen LogP contribution in [0.1, 0.15) is 45.4 Å². The molecule has 1 amide bonds. The van der Waals surface area contributed by atoms with Crippen molar-refractivity contribution in [2.24, 2.45) is 0 Å². The van der Waals surface area contributed by atoms with Gasteiger partial charge in [-0.3, -0.25) is 4.79 Å². The number of para-hydroxylation sites is 1. The number of aromatic nitrogens is 1. The van der Waals surface area contributed by atoms with E-state index in [0.29, 0.717) is 11.3 Å². The molecule has 0 aliphatic rings. The van der Waals surface area contributed by atoms with Crippen LogP contribution in [0, 0.1) is 20.8 Å². The van der Waals surface area contributed by atoms with E-state index in [9.17, 15) is 4.79 Å². The summed E-state index contributed by atoms with van der Waals surface area (Å²) in [6.45, 7) is 8.10. The van der Waals surface area contributed by atoms with Crippen LogP contribution in [0.5, 0.6) is 5.75 Å². The van der Waals surface area contributed by atoms with Crippen molar-refractivity contribution in [1.82, 2.24) is 5.16 Å². The molecule has 1 heterocycles. The molecule has 2 aromatic carbocycles. The summed E-state index contributed by atoms with van der Waals surface area (Å²) in [6, 6.07) is 13.7. The maximum atomic E-state index is 12.7. The molecule has 0 saturated heterocycles. The van der Waals surface area contributed by atoms with E-state index in [1.54, 1.807) is 6.92 Å². The molecule has 0 unspecified atom stereocenters. The first-order valence-corrected chi connectivity index (χ1v) is 9.03. The summed E-state index contributed by atoms with van der Waals surface area (Å²) in [5.41, 5.74) is 5.01. The van der Waals surface area contributed by atoms with Crippen molar-refractivity contribution in [1.29, 1.82) is 0 Å². The van der Waals surface area contributed by atoms with E-state index in [1.165, 1.54) is 0 Å². The zero-order valence-corrected chi connectivity index (χ0v) is 16.1. The third kappa shape index (κ3) is 4.37. The summed E-state index contributed by atoms with van der Waals surface area (Å²) in [6.07, 6.45) is 0.830. The van der Waals surface area contributed by atoms with Gasteiger partial charge >= 0.3 is 0 Å². The number of hydrogen-bond donors (Lipinski definition) is 1. The van der Waals surface area contributed by atoms with Gasteiger partial charge in [-0.1, -0.05) is 36.3 Å². The molecule has 0 saturated carbocycles. The lowest BCUT2D eigenvalue weighted by Crippen LogP contribution is -2.16. The van der Waals surface area contributed by atoms with Crippen molar-refractivity contribution in [3.63, 3.8) is 0 Å². The summed E-state index contributed by atoms with van der Waals surface area (Å²) < 4.78 is 11.2. The first-order valence-electron chi connectivity index (χ1n) is 9.03. The molecular weight excluding hydrogens is 340 g/mol. The number of carbonyl (C=O) groups is 1. The van der Waals surface area contributed by atoms with Crippen molar-refractivity contribution in [3.8, 4) is 5.75 Å². The Morgan fingerprint density at radius 1 is 1.11 bits per heavy atom. The largest absolute Gasteiger partial charge is 0.489 e. The predicted octanol–water partition coefficient (Wildman–Crippen LogP) is 4.99. The second-order valence-electron chi connectivity index (χ2n) is 6.64. The molecule has 0 bridgehead atoms. The van der Waals surface area contributed by atoms with Gasteiger partial charge < -0.3 is 14.6 Å².